The standard InChI is InChI=1S/C13H19F3O2S2/c1-12(2,3)10-6-8-11(9-7-10)18-20(17,19(4)5)13(14,15)16/h6-9H,1-5H3. The zero-order valence-electron chi connectivity index (χ0n) is 12.1. The van der Waals surface area contributed by atoms with Gasteiger partial charge in [-0.2, -0.15) is 13.2 Å². The normalized spacial score (nSPS) is 16.1. The second-order valence-corrected chi connectivity index (χ2v) is 11.8. The minimum absolute atomic E-state index is 0.0264. The molecule has 0 heterocycles. The van der Waals surface area contributed by atoms with Gasteiger partial charge in [0.1, 0.15) is 5.75 Å². The quantitative estimate of drug-likeness (QED) is 0.824. The third kappa shape index (κ3) is 3.69. The molecule has 0 aliphatic heterocycles. The van der Waals surface area contributed by atoms with Crippen molar-refractivity contribution in [3.05, 3.63) is 29.8 Å². The van der Waals surface area contributed by atoms with E-state index in [9.17, 15) is 17.4 Å². The lowest BCUT2D eigenvalue weighted by atomic mass is 9.87. The fourth-order valence-electron chi connectivity index (χ4n) is 1.44. The Morgan fingerprint density at radius 1 is 1.05 bits per heavy atom. The van der Waals surface area contributed by atoms with Crippen molar-refractivity contribution < 1.29 is 21.6 Å². The van der Waals surface area contributed by atoms with Gasteiger partial charge in [-0.05, 0) is 35.6 Å². The Balaban J connectivity index is 3.17. The van der Waals surface area contributed by atoms with Crippen molar-refractivity contribution in [2.24, 2.45) is 0 Å². The van der Waals surface area contributed by atoms with E-state index in [0.29, 0.717) is 0 Å². The Morgan fingerprint density at radius 3 is 1.80 bits per heavy atom. The van der Waals surface area contributed by atoms with Crippen LogP contribution >= 0.6 is 0 Å². The molecule has 0 N–H and O–H groups in total. The van der Waals surface area contributed by atoms with Gasteiger partial charge < -0.3 is 4.18 Å². The summed E-state index contributed by atoms with van der Waals surface area (Å²) in [5, 5.41) is 0. The summed E-state index contributed by atoms with van der Waals surface area (Å²) in [7, 11) is -5.83. The molecule has 0 radical (unpaired) electrons. The van der Waals surface area contributed by atoms with E-state index in [4.69, 9.17) is 4.18 Å². The first kappa shape index (κ1) is 17.4. The van der Waals surface area contributed by atoms with Crippen LogP contribution in [0.25, 0.3) is 0 Å². The van der Waals surface area contributed by atoms with Gasteiger partial charge in [0, 0.05) is 0 Å². The molecule has 116 valence electrons. The van der Waals surface area contributed by atoms with E-state index in [1.165, 1.54) is 24.6 Å². The highest BCUT2D eigenvalue weighted by atomic mass is 32.9. The molecule has 0 aliphatic carbocycles. The van der Waals surface area contributed by atoms with Gasteiger partial charge >= 0.3 is 5.51 Å². The van der Waals surface area contributed by atoms with Crippen molar-refractivity contribution in [2.75, 3.05) is 12.5 Å². The predicted octanol–water partition coefficient (Wildman–Crippen LogP) is 3.88. The van der Waals surface area contributed by atoms with Crippen molar-refractivity contribution in [2.45, 2.75) is 31.7 Å². The maximum atomic E-state index is 12.9. The predicted molar refractivity (Wildman–Crippen MR) is 79.2 cm³/mol. The Bertz CT molecular complexity index is 586. The molecule has 0 aliphatic rings. The van der Waals surface area contributed by atoms with E-state index in [2.05, 4.69) is 0 Å². The van der Waals surface area contributed by atoms with Gasteiger partial charge in [0.15, 0.2) is 0 Å². The van der Waals surface area contributed by atoms with Gasteiger partial charge in [0.05, 0.1) is 0 Å². The molecular formula is C13H19F3O2S2. The lowest BCUT2D eigenvalue weighted by Gasteiger charge is -2.21. The summed E-state index contributed by atoms with van der Waals surface area (Å²) >= 11 is 0. The van der Waals surface area contributed by atoms with Gasteiger partial charge in [0.2, 0.25) is 8.77 Å². The lowest BCUT2D eigenvalue weighted by molar-refractivity contribution is -0.0444. The van der Waals surface area contributed by atoms with E-state index in [-0.39, 0.29) is 11.2 Å². The van der Waals surface area contributed by atoms with Crippen LogP contribution in [-0.2, 0) is 23.6 Å². The molecule has 1 aromatic rings. The third-order valence-electron chi connectivity index (χ3n) is 2.65. The summed E-state index contributed by atoms with van der Waals surface area (Å²) in [5.74, 6) is -0.0264. The van der Waals surface area contributed by atoms with Crippen LogP contribution < -0.4 is 4.18 Å². The summed E-state index contributed by atoms with van der Waals surface area (Å²) in [6.45, 7) is 5.99. The Morgan fingerprint density at radius 2 is 1.50 bits per heavy atom. The molecule has 20 heavy (non-hydrogen) atoms. The molecule has 0 fully saturated rings. The van der Waals surface area contributed by atoms with Crippen molar-refractivity contribution >= 4 is 18.2 Å². The van der Waals surface area contributed by atoms with Crippen molar-refractivity contribution in [1.82, 2.24) is 0 Å². The number of hydrogen-bond acceptors (Lipinski definition) is 2. The van der Waals surface area contributed by atoms with Crippen LogP contribution in [0.3, 0.4) is 0 Å². The minimum atomic E-state index is -4.87. The van der Waals surface area contributed by atoms with Crippen LogP contribution in [0.1, 0.15) is 26.3 Å². The van der Waals surface area contributed by atoms with Crippen molar-refractivity contribution in [3.8, 4) is 5.75 Å². The fraction of sp³-hybridized carbons (Fsp3) is 0.538. The smallest absolute Gasteiger partial charge is 0.398 e. The molecule has 0 amide bonds. The van der Waals surface area contributed by atoms with Crippen LogP contribution in [0.4, 0.5) is 13.2 Å². The van der Waals surface area contributed by atoms with E-state index < -0.39 is 23.7 Å². The third-order valence-corrected chi connectivity index (χ3v) is 7.91. The Hall–Kier alpha value is -0.690. The molecule has 1 aromatic carbocycles. The molecule has 0 aromatic heterocycles. The van der Waals surface area contributed by atoms with E-state index in [1.807, 2.05) is 20.8 Å². The van der Waals surface area contributed by atoms with Crippen LogP contribution in [0.15, 0.2) is 24.3 Å². The van der Waals surface area contributed by atoms with Gasteiger partial charge in [-0.25, -0.2) is 4.21 Å². The minimum Gasteiger partial charge on any atom is -0.398 e. The average Bonchev–Trinajstić information content (AvgIpc) is 2.26. The molecule has 0 saturated heterocycles. The van der Waals surface area contributed by atoms with Gasteiger partial charge in [0.25, 0.3) is 0 Å². The molecule has 1 atom stereocenters. The number of hydrogen-bond donors (Lipinski definition) is 0. The average molecular weight is 328 g/mol. The first-order chi connectivity index (χ1) is 8.88. The highest BCUT2D eigenvalue weighted by Crippen LogP contribution is 2.31. The zero-order valence-corrected chi connectivity index (χ0v) is 13.7. The molecule has 7 heteroatoms. The van der Waals surface area contributed by atoms with Crippen molar-refractivity contribution in [3.63, 3.8) is 0 Å². The van der Waals surface area contributed by atoms with Crippen LogP contribution in [0.5, 0.6) is 5.75 Å². The summed E-state index contributed by atoms with van der Waals surface area (Å²) < 4.78 is 55.6. The highest BCUT2D eigenvalue weighted by Gasteiger charge is 2.45. The summed E-state index contributed by atoms with van der Waals surface area (Å²) in [6, 6.07) is 6.24. The van der Waals surface area contributed by atoms with Crippen LogP contribution in [0, 0.1) is 0 Å². The van der Waals surface area contributed by atoms with E-state index in [1.54, 1.807) is 12.1 Å². The number of benzene rings is 1. The molecule has 1 rings (SSSR count). The van der Waals surface area contributed by atoms with Crippen LogP contribution in [-0.4, -0.2) is 22.2 Å². The molecule has 1 unspecified atom stereocenters. The molecule has 2 nitrogen and oxygen atoms in total. The maximum Gasteiger partial charge on any atom is 0.502 e. The number of alkyl halides is 3. The van der Waals surface area contributed by atoms with Crippen LogP contribution in [0.2, 0.25) is 0 Å². The first-order valence-electron chi connectivity index (χ1n) is 5.86. The fourth-order valence-corrected chi connectivity index (χ4v) is 4.19. The Labute approximate surface area is 120 Å². The van der Waals surface area contributed by atoms with E-state index >= 15 is 0 Å². The van der Waals surface area contributed by atoms with Gasteiger partial charge in [-0.15, -0.1) is 0 Å². The van der Waals surface area contributed by atoms with Crippen molar-refractivity contribution in [1.29, 1.82) is 0 Å². The topological polar surface area (TPSA) is 26.3 Å². The first-order valence-corrected chi connectivity index (χ1v) is 9.90. The maximum absolute atomic E-state index is 12.9. The molecule has 0 bridgehead atoms. The Kier molecular flexibility index (Phi) is 4.86. The number of halogens is 3. The molecule has 0 spiro atoms. The number of rotatable bonds is 2. The summed E-state index contributed by atoms with van der Waals surface area (Å²) in [5.41, 5.74) is -4.01. The largest absolute Gasteiger partial charge is 0.502 e. The van der Waals surface area contributed by atoms with Gasteiger partial charge in [-0.3, -0.25) is 0 Å². The second kappa shape index (κ2) is 5.60. The highest BCUT2D eigenvalue weighted by molar-refractivity contribution is 8.45. The second-order valence-electron chi connectivity index (χ2n) is 5.50. The molecular weight excluding hydrogens is 309 g/mol. The monoisotopic (exact) mass is 328 g/mol. The molecule has 0 saturated carbocycles. The SMILES string of the molecule is CS(C)=S(=O)(Oc1ccc(C(C)(C)C)cc1)C(F)(F)F. The van der Waals surface area contributed by atoms with Gasteiger partial charge in [-0.1, -0.05) is 42.4 Å². The zero-order chi connectivity index (χ0) is 15.8. The van der Waals surface area contributed by atoms with E-state index in [0.717, 1.165) is 5.56 Å². The summed E-state index contributed by atoms with van der Waals surface area (Å²) in [6.07, 6.45) is 2.53. The summed E-state index contributed by atoms with van der Waals surface area (Å²) in [4.78, 5) is 0. The lowest BCUT2D eigenvalue weighted by Crippen LogP contribution is -2.31.